The molecule has 0 fully saturated rings. The van der Waals surface area contributed by atoms with Gasteiger partial charge in [-0.05, 0) is 13.0 Å². The quantitative estimate of drug-likeness (QED) is 0.653. The summed E-state index contributed by atoms with van der Waals surface area (Å²) < 4.78 is 11.9. The first-order valence-electron chi connectivity index (χ1n) is 4.66. The average molecular weight is 208 g/mol. The molecule has 3 unspecified atom stereocenters. The number of carbonyl (C=O) groups is 1. The molecule has 0 saturated carbocycles. The highest BCUT2D eigenvalue weighted by molar-refractivity contribution is 7.86. The van der Waals surface area contributed by atoms with Gasteiger partial charge in [-0.15, -0.1) is 0 Å². The van der Waals surface area contributed by atoms with Crippen LogP contribution in [0.15, 0.2) is 29.2 Å². The summed E-state index contributed by atoms with van der Waals surface area (Å²) in [5.74, 6) is -0.0153. The van der Waals surface area contributed by atoms with Crippen LogP contribution < -0.4 is 0 Å². The van der Waals surface area contributed by atoms with Crippen molar-refractivity contribution in [1.29, 1.82) is 0 Å². The van der Waals surface area contributed by atoms with Gasteiger partial charge in [0.1, 0.15) is 0 Å². The standard InChI is InChI=1S/C11H12O2S/c1-7-8(2)14(13)10-6-4-3-5-9(10)11(7)12/h3-8H,1-2H3. The van der Waals surface area contributed by atoms with Crippen molar-refractivity contribution in [3.8, 4) is 0 Å². The van der Waals surface area contributed by atoms with Crippen LogP contribution >= 0.6 is 0 Å². The molecule has 0 saturated heterocycles. The first-order chi connectivity index (χ1) is 6.63. The summed E-state index contributed by atoms with van der Waals surface area (Å²) in [6.07, 6.45) is 0. The van der Waals surface area contributed by atoms with Gasteiger partial charge >= 0.3 is 0 Å². The molecule has 74 valence electrons. The molecule has 1 aromatic carbocycles. The van der Waals surface area contributed by atoms with Crippen molar-refractivity contribution in [2.75, 3.05) is 0 Å². The molecular weight excluding hydrogens is 196 g/mol. The van der Waals surface area contributed by atoms with Crippen molar-refractivity contribution >= 4 is 16.6 Å². The van der Waals surface area contributed by atoms with E-state index in [4.69, 9.17) is 0 Å². The van der Waals surface area contributed by atoms with Crippen molar-refractivity contribution in [3.05, 3.63) is 29.8 Å². The maximum absolute atomic E-state index is 11.9. The molecule has 3 heteroatoms. The van der Waals surface area contributed by atoms with E-state index in [0.29, 0.717) is 10.5 Å². The fourth-order valence-electron chi connectivity index (χ4n) is 1.69. The van der Waals surface area contributed by atoms with E-state index in [1.165, 1.54) is 0 Å². The summed E-state index contributed by atoms with van der Waals surface area (Å²) in [6, 6.07) is 7.19. The van der Waals surface area contributed by atoms with Crippen molar-refractivity contribution in [3.63, 3.8) is 0 Å². The number of hydrogen-bond acceptors (Lipinski definition) is 2. The maximum Gasteiger partial charge on any atom is 0.168 e. The Morgan fingerprint density at radius 1 is 1.21 bits per heavy atom. The highest BCUT2D eigenvalue weighted by atomic mass is 32.2. The van der Waals surface area contributed by atoms with Crippen LogP contribution in [0.2, 0.25) is 0 Å². The zero-order chi connectivity index (χ0) is 10.3. The second kappa shape index (κ2) is 3.31. The Labute approximate surface area is 85.8 Å². The molecule has 1 aliphatic rings. The number of rotatable bonds is 0. The summed E-state index contributed by atoms with van der Waals surface area (Å²) in [5, 5.41) is -0.0719. The Bertz CT molecular complexity index is 373. The molecule has 14 heavy (non-hydrogen) atoms. The van der Waals surface area contributed by atoms with Gasteiger partial charge in [-0.2, -0.15) is 0 Å². The molecule has 2 rings (SSSR count). The molecule has 0 aromatic heterocycles. The van der Waals surface area contributed by atoms with E-state index in [1.807, 2.05) is 26.0 Å². The van der Waals surface area contributed by atoms with Gasteiger partial charge in [0, 0.05) is 21.6 Å². The normalized spacial score (nSPS) is 31.3. The van der Waals surface area contributed by atoms with E-state index in [-0.39, 0.29) is 17.0 Å². The fourth-order valence-corrected chi connectivity index (χ4v) is 3.18. The lowest BCUT2D eigenvalue weighted by Gasteiger charge is -2.25. The Hall–Kier alpha value is -0.960. The lowest BCUT2D eigenvalue weighted by atomic mass is 9.96. The predicted octanol–water partition coefficient (Wildman–Crippen LogP) is 2.02. The lowest BCUT2D eigenvalue weighted by Crippen LogP contribution is -2.33. The largest absolute Gasteiger partial charge is 0.294 e. The second-order valence-corrected chi connectivity index (χ2v) is 5.43. The number of fused-ring (bicyclic) bond motifs is 1. The number of hydrogen-bond donors (Lipinski definition) is 0. The lowest BCUT2D eigenvalue weighted by molar-refractivity contribution is 0.0922. The van der Waals surface area contributed by atoms with Gasteiger partial charge in [0.2, 0.25) is 0 Å². The van der Waals surface area contributed by atoms with Gasteiger partial charge in [0.15, 0.2) is 5.78 Å². The fraction of sp³-hybridized carbons (Fsp3) is 0.364. The van der Waals surface area contributed by atoms with Crippen LogP contribution in [0.25, 0.3) is 0 Å². The van der Waals surface area contributed by atoms with Crippen LogP contribution in [-0.4, -0.2) is 15.2 Å². The van der Waals surface area contributed by atoms with Crippen LogP contribution in [0.4, 0.5) is 0 Å². The van der Waals surface area contributed by atoms with E-state index < -0.39 is 10.8 Å². The number of carbonyl (C=O) groups excluding carboxylic acids is 1. The molecule has 1 aliphatic heterocycles. The smallest absolute Gasteiger partial charge is 0.168 e. The SMILES string of the molecule is CC1C(=O)c2ccccc2S(=O)C1C. The summed E-state index contributed by atoms with van der Waals surface area (Å²) in [6.45, 7) is 3.72. The third-order valence-electron chi connectivity index (χ3n) is 2.82. The third-order valence-corrected chi connectivity index (χ3v) is 4.70. The van der Waals surface area contributed by atoms with E-state index in [9.17, 15) is 9.00 Å². The topological polar surface area (TPSA) is 34.1 Å². The predicted molar refractivity (Wildman–Crippen MR) is 55.8 cm³/mol. The molecule has 0 radical (unpaired) electrons. The van der Waals surface area contributed by atoms with Crippen LogP contribution in [0.3, 0.4) is 0 Å². The van der Waals surface area contributed by atoms with Crippen molar-refractivity contribution in [2.24, 2.45) is 5.92 Å². The molecule has 0 aliphatic carbocycles. The van der Waals surface area contributed by atoms with E-state index in [2.05, 4.69) is 0 Å². The average Bonchev–Trinajstić information content (AvgIpc) is 2.23. The molecular formula is C11H12O2S. The van der Waals surface area contributed by atoms with Gasteiger partial charge in [-0.25, -0.2) is 0 Å². The van der Waals surface area contributed by atoms with Crippen molar-refractivity contribution in [1.82, 2.24) is 0 Å². The third kappa shape index (κ3) is 1.23. The minimum atomic E-state index is -1.03. The van der Waals surface area contributed by atoms with E-state index >= 15 is 0 Å². The molecule has 0 N–H and O–H groups in total. The summed E-state index contributed by atoms with van der Waals surface area (Å²) in [4.78, 5) is 12.5. The van der Waals surface area contributed by atoms with Crippen LogP contribution in [-0.2, 0) is 10.8 Å². The molecule has 1 aromatic rings. The molecule has 0 spiro atoms. The summed E-state index contributed by atoms with van der Waals surface area (Å²) in [5.41, 5.74) is 0.636. The van der Waals surface area contributed by atoms with Crippen LogP contribution in [0.1, 0.15) is 24.2 Å². The van der Waals surface area contributed by atoms with Crippen LogP contribution in [0, 0.1) is 5.92 Å². The van der Waals surface area contributed by atoms with Crippen molar-refractivity contribution in [2.45, 2.75) is 24.0 Å². The highest BCUT2D eigenvalue weighted by Crippen LogP contribution is 2.29. The summed E-state index contributed by atoms with van der Waals surface area (Å²) >= 11 is 0. The summed E-state index contributed by atoms with van der Waals surface area (Å²) in [7, 11) is -1.03. The Morgan fingerprint density at radius 2 is 1.86 bits per heavy atom. The molecule has 3 atom stereocenters. The minimum Gasteiger partial charge on any atom is -0.294 e. The van der Waals surface area contributed by atoms with E-state index in [1.54, 1.807) is 12.1 Å². The minimum absolute atomic E-state index is 0.0719. The molecule has 2 nitrogen and oxygen atoms in total. The second-order valence-electron chi connectivity index (χ2n) is 3.65. The van der Waals surface area contributed by atoms with Gasteiger partial charge in [-0.1, -0.05) is 25.1 Å². The zero-order valence-corrected chi connectivity index (χ0v) is 9.01. The maximum atomic E-state index is 11.9. The van der Waals surface area contributed by atoms with E-state index in [0.717, 1.165) is 0 Å². The van der Waals surface area contributed by atoms with Gasteiger partial charge in [0.25, 0.3) is 0 Å². The first-order valence-corrected chi connectivity index (χ1v) is 5.88. The Morgan fingerprint density at radius 3 is 2.57 bits per heavy atom. The Kier molecular flexibility index (Phi) is 2.27. The Balaban J connectivity index is 2.62. The molecule has 0 bridgehead atoms. The number of benzene rings is 1. The first kappa shape index (κ1) is 9.59. The van der Waals surface area contributed by atoms with Gasteiger partial charge in [0.05, 0.1) is 10.8 Å². The highest BCUT2D eigenvalue weighted by Gasteiger charge is 2.34. The van der Waals surface area contributed by atoms with Gasteiger partial charge in [-0.3, -0.25) is 9.00 Å². The molecule has 1 heterocycles. The van der Waals surface area contributed by atoms with Crippen molar-refractivity contribution < 1.29 is 9.00 Å². The number of Topliss-reactive ketones (excluding diaryl/α,β-unsaturated/α-hetero) is 1. The number of ketones is 1. The zero-order valence-electron chi connectivity index (χ0n) is 8.19. The van der Waals surface area contributed by atoms with Gasteiger partial charge < -0.3 is 0 Å². The van der Waals surface area contributed by atoms with Crippen LogP contribution in [0.5, 0.6) is 0 Å². The molecule has 0 amide bonds. The monoisotopic (exact) mass is 208 g/mol.